The molecule has 0 amide bonds. The topological polar surface area (TPSA) is 35.5 Å². The summed E-state index contributed by atoms with van der Waals surface area (Å²) in [5.41, 5.74) is 2.71. The van der Waals surface area contributed by atoms with Crippen molar-refractivity contribution >= 4 is 0 Å². The molecule has 1 unspecified atom stereocenters. The first kappa shape index (κ1) is 15.5. The molecule has 0 spiro atoms. The highest BCUT2D eigenvalue weighted by Crippen LogP contribution is 2.28. The van der Waals surface area contributed by atoms with Crippen molar-refractivity contribution in [3.8, 4) is 0 Å². The van der Waals surface area contributed by atoms with Crippen molar-refractivity contribution in [3.63, 3.8) is 0 Å². The van der Waals surface area contributed by atoms with Crippen molar-refractivity contribution in [2.45, 2.75) is 38.6 Å². The number of aryl methyl sites for hydroxylation is 1. The van der Waals surface area contributed by atoms with E-state index in [-0.39, 0.29) is 12.1 Å². The third-order valence-corrected chi connectivity index (χ3v) is 4.65. The molecule has 1 aliphatic carbocycles. The minimum Gasteiger partial charge on any atom is -0.394 e. The zero-order chi connectivity index (χ0) is 14.4. The van der Waals surface area contributed by atoms with Crippen LogP contribution in [0, 0.1) is 0 Å². The number of benzene rings is 1. The molecule has 0 fully saturated rings. The Morgan fingerprint density at radius 2 is 1.90 bits per heavy atom. The highest BCUT2D eigenvalue weighted by atomic mass is 16.3. The fraction of sp³-hybridized carbons (Fsp3) is 0.647. The summed E-state index contributed by atoms with van der Waals surface area (Å²) in [6.45, 7) is 8.80. The van der Waals surface area contributed by atoms with Gasteiger partial charge >= 0.3 is 0 Å². The lowest BCUT2D eigenvalue weighted by Crippen LogP contribution is -2.54. The highest BCUT2D eigenvalue weighted by Gasteiger charge is 2.33. The van der Waals surface area contributed by atoms with Crippen molar-refractivity contribution < 1.29 is 5.11 Å². The van der Waals surface area contributed by atoms with E-state index in [1.165, 1.54) is 11.1 Å². The molecule has 1 aromatic rings. The van der Waals surface area contributed by atoms with Gasteiger partial charge in [0.2, 0.25) is 0 Å². The predicted octanol–water partition coefficient (Wildman–Crippen LogP) is 1.84. The van der Waals surface area contributed by atoms with E-state index in [1.807, 2.05) is 0 Å². The molecule has 3 heteroatoms. The van der Waals surface area contributed by atoms with Crippen molar-refractivity contribution in [1.29, 1.82) is 0 Å². The molecule has 1 aromatic carbocycles. The lowest BCUT2D eigenvalue weighted by Gasteiger charge is -2.38. The van der Waals surface area contributed by atoms with E-state index in [2.05, 4.69) is 48.3 Å². The van der Waals surface area contributed by atoms with Gasteiger partial charge in [0.1, 0.15) is 0 Å². The van der Waals surface area contributed by atoms with Gasteiger partial charge < -0.3 is 15.3 Å². The molecule has 2 rings (SSSR count). The SMILES string of the molecule is CCN(CC)CCNC1(CO)CCc2ccccc2C1. The second-order valence-corrected chi connectivity index (χ2v) is 5.84. The van der Waals surface area contributed by atoms with Crippen LogP contribution in [0.4, 0.5) is 0 Å². The smallest absolute Gasteiger partial charge is 0.0616 e. The molecule has 0 saturated heterocycles. The Morgan fingerprint density at radius 3 is 2.55 bits per heavy atom. The van der Waals surface area contributed by atoms with Gasteiger partial charge in [-0.2, -0.15) is 0 Å². The third kappa shape index (κ3) is 3.60. The van der Waals surface area contributed by atoms with E-state index in [0.29, 0.717) is 0 Å². The van der Waals surface area contributed by atoms with E-state index in [9.17, 15) is 5.11 Å². The second-order valence-electron chi connectivity index (χ2n) is 5.84. The Kier molecular flexibility index (Phi) is 5.58. The van der Waals surface area contributed by atoms with Crippen LogP contribution in [-0.2, 0) is 12.8 Å². The van der Waals surface area contributed by atoms with E-state index >= 15 is 0 Å². The minimum atomic E-state index is -0.124. The molecule has 0 aromatic heterocycles. The van der Waals surface area contributed by atoms with Crippen molar-refractivity contribution in [2.24, 2.45) is 0 Å². The average molecular weight is 276 g/mol. The van der Waals surface area contributed by atoms with Gasteiger partial charge in [-0.25, -0.2) is 0 Å². The lowest BCUT2D eigenvalue weighted by molar-refractivity contribution is 0.140. The van der Waals surface area contributed by atoms with Gasteiger partial charge in [0.05, 0.1) is 6.61 Å². The zero-order valence-corrected chi connectivity index (χ0v) is 12.9. The van der Waals surface area contributed by atoms with E-state index < -0.39 is 0 Å². The van der Waals surface area contributed by atoms with Gasteiger partial charge in [-0.3, -0.25) is 0 Å². The van der Waals surface area contributed by atoms with E-state index in [1.54, 1.807) is 0 Å². The summed E-state index contributed by atoms with van der Waals surface area (Å²) in [5.74, 6) is 0. The monoisotopic (exact) mass is 276 g/mol. The van der Waals surface area contributed by atoms with Crippen LogP contribution in [0.5, 0.6) is 0 Å². The molecule has 0 aliphatic heterocycles. The molecule has 0 bridgehead atoms. The number of nitrogens with zero attached hydrogens (tertiary/aromatic N) is 1. The quantitative estimate of drug-likeness (QED) is 0.797. The van der Waals surface area contributed by atoms with Crippen LogP contribution in [-0.4, -0.2) is 48.3 Å². The van der Waals surface area contributed by atoms with Gasteiger partial charge in [-0.1, -0.05) is 38.1 Å². The molecule has 0 saturated carbocycles. The summed E-state index contributed by atoms with van der Waals surface area (Å²) in [6.07, 6.45) is 3.03. The number of fused-ring (bicyclic) bond motifs is 1. The van der Waals surface area contributed by atoms with Gasteiger partial charge in [-0.15, -0.1) is 0 Å². The largest absolute Gasteiger partial charge is 0.394 e. The number of aliphatic hydroxyl groups is 1. The molecule has 20 heavy (non-hydrogen) atoms. The maximum Gasteiger partial charge on any atom is 0.0616 e. The Labute approximate surface area is 123 Å². The molecule has 1 atom stereocenters. The zero-order valence-electron chi connectivity index (χ0n) is 12.9. The number of hydrogen-bond donors (Lipinski definition) is 2. The van der Waals surface area contributed by atoms with Crippen molar-refractivity contribution in [2.75, 3.05) is 32.8 Å². The summed E-state index contributed by atoms with van der Waals surface area (Å²) in [7, 11) is 0. The van der Waals surface area contributed by atoms with Crippen LogP contribution in [0.1, 0.15) is 31.4 Å². The number of nitrogens with one attached hydrogen (secondary N) is 1. The summed E-state index contributed by atoms with van der Waals surface area (Å²) < 4.78 is 0. The Bertz CT molecular complexity index is 417. The number of rotatable bonds is 7. The van der Waals surface area contributed by atoms with Gasteiger partial charge in [-0.05, 0) is 43.5 Å². The second kappa shape index (κ2) is 7.21. The van der Waals surface area contributed by atoms with Crippen LogP contribution in [0.25, 0.3) is 0 Å². The maximum atomic E-state index is 9.87. The standard InChI is InChI=1S/C17H28N2O/c1-3-19(4-2)12-11-18-17(14-20)10-9-15-7-5-6-8-16(15)13-17/h5-8,18,20H,3-4,9-14H2,1-2H3. The normalized spacial score (nSPS) is 22.0. The first-order chi connectivity index (χ1) is 9.73. The number of likely N-dealkylation sites (N-methyl/N-ethyl adjacent to an activating group) is 1. The predicted molar refractivity (Wildman–Crippen MR) is 84.1 cm³/mol. The number of hydrogen-bond acceptors (Lipinski definition) is 3. The molecule has 3 nitrogen and oxygen atoms in total. The molecule has 2 N–H and O–H groups in total. The maximum absolute atomic E-state index is 9.87. The Hall–Kier alpha value is -0.900. The fourth-order valence-corrected chi connectivity index (χ4v) is 3.16. The van der Waals surface area contributed by atoms with Gasteiger partial charge in [0, 0.05) is 18.6 Å². The third-order valence-electron chi connectivity index (χ3n) is 4.65. The van der Waals surface area contributed by atoms with E-state index in [4.69, 9.17) is 0 Å². The summed E-state index contributed by atoms with van der Waals surface area (Å²) in [5, 5.41) is 13.5. The summed E-state index contributed by atoms with van der Waals surface area (Å²) >= 11 is 0. The van der Waals surface area contributed by atoms with Crippen LogP contribution in [0.3, 0.4) is 0 Å². The van der Waals surface area contributed by atoms with Crippen LogP contribution in [0.2, 0.25) is 0 Å². The van der Waals surface area contributed by atoms with Crippen molar-refractivity contribution in [3.05, 3.63) is 35.4 Å². The lowest BCUT2D eigenvalue weighted by atomic mass is 9.78. The van der Waals surface area contributed by atoms with Crippen LogP contribution >= 0.6 is 0 Å². The number of aliphatic hydroxyl groups excluding tert-OH is 1. The van der Waals surface area contributed by atoms with E-state index in [0.717, 1.165) is 45.4 Å². The molecule has 0 radical (unpaired) electrons. The minimum absolute atomic E-state index is 0.124. The molecular formula is C17H28N2O. The molecule has 112 valence electrons. The Morgan fingerprint density at radius 1 is 1.20 bits per heavy atom. The molecule has 1 aliphatic rings. The fourth-order valence-electron chi connectivity index (χ4n) is 3.16. The summed E-state index contributed by atoms with van der Waals surface area (Å²) in [6, 6.07) is 8.62. The van der Waals surface area contributed by atoms with Gasteiger partial charge in [0.15, 0.2) is 0 Å². The molecular weight excluding hydrogens is 248 g/mol. The molecule has 0 heterocycles. The Balaban J connectivity index is 1.94. The van der Waals surface area contributed by atoms with Crippen LogP contribution < -0.4 is 5.32 Å². The first-order valence-electron chi connectivity index (χ1n) is 7.88. The highest BCUT2D eigenvalue weighted by molar-refractivity contribution is 5.32. The van der Waals surface area contributed by atoms with Crippen LogP contribution in [0.15, 0.2) is 24.3 Å². The van der Waals surface area contributed by atoms with Crippen molar-refractivity contribution in [1.82, 2.24) is 10.2 Å². The van der Waals surface area contributed by atoms with Gasteiger partial charge in [0.25, 0.3) is 0 Å². The average Bonchev–Trinajstić information content (AvgIpc) is 2.51. The first-order valence-corrected chi connectivity index (χ1v) is 7.88. The summed E-state index contributed by atoms with van der Waals surface area (Å²) in [4.78, 5) is 2.41.